The highest BCUT2D eigenvalue weighted by Crippen LogP contribution is 2.24. The van der Waals surface area contributed by atoms with E-state index >= 15 is 0 Å². The zero-order valence-electron chi connectivity index (χ0n) is 14.0. The fourth-order valence-corrected chi connectivity index (χ4v) is 3.71. The first-order valence-electron chi connectivity index (χ1n) is 7.89. The van der Waals surface area contributed by atoms with Crippen LogP contribution in [-0.2, 0) is 24.2 Å². The quantitative estimate of drug-likeness (QED) is 0.733. The lowest BCUT2D eigenvalue weighted by atomic mass is 10.1. The molecule has 3 rings (SSSR count). The van der Waals surface area contributed by atoms with Crippen LogP contribution in [0.15, 0.2) is 35.1 Å². The van der Waals surface area contributed by atoms with Gasteiger partial charge in [0, 0.05) is 16.9 Å². The number of methoxy groups -OCH3 is 1. The Kier molecular flexibility index (Phi) is 4.85. The first kappa shape index (κ1) is 17.2. The van der Waals surface area contributed by atoms with Crippen LogP contribution in [0.3, 0.4) is 0 Å². The van der Waals surface area contributed by atoms with E-state index in [-0.39, 0.29) is 5.56 Å². The van der Waals surface area contributed by atoms with Crippen molar-refractivity contribution in [2.45, 2.75) is 26.3 Å². The number of carboxylic acid groups (broad SMARTS) is 1. The van der Waals surface area contributed by atoms with Crippen LogP contribution in [0.5, 0.6) is 5.75 Å². The molecular formula is C18H18N2O4S. The lowest BCUT2D eigenvalue weighted by Crippen LogP contribution is -2.28. The van der Waals surface area contributed by atoms with Crippen molar-refractivity contribution < 1.29 is 14.6 Å². The van der Waals surface area contributed by atoms with Gasteiger partial charge in [-0.05, 0) is 18.6 Å². The van der Waals surface area contributed by atoms with Crippen LogP contribution >= 0.6 is 11.3 Å². The molecule has 0 unspecified atom stereocenters. The van der Waals surface area contributed by atoms with Gasteiger partial charge in [0.1, 0.15) is 22.9 Å². The van der Waals surface area contributed by atoms with Gasteiger partial charge in [-0.15, -0.1) is 11.3 Å². The monoisotopic (exact) mass is 358 g/mol. The third-order valence-electron chi connectivity index (χ3n) is 3.96. The summed E-state index contributed by atoms with van der Waals surface area (Å²) < 4.78 is 6.59. The smallest absolute Gasteiger partial charge is 0.323 e. The van der Waals surface area contributed by atoms with Crippen LogP contribution in [0.25, 0.3) is 10.2 Å². The maximum Gasteiger partial charge on any atom is 0.323 e. The second-order valence-electron chi connectivity index (χ2n) is 5.59. The van der Waals surface area contributed by atoms with Gasteiger partial charge >= 0.3 is 5.97 Å². The molecule has 1 aromatic carbocycles. The van der Waals surface area contributed by atoms with Crippen LogP contribution in [0.1, 0.15) is 23.2 Å². The van der Waals surface area contributed by atoms with E-state index in [9.17, 15) is 14.7 Å². The van der Waals surface area contributed by atoms with E-state index in [1.54, 1.807) is 13.2 Å². The molecule has 0 amide bonds. The molecule has 0 aliphatic carbocycles. The summed E-state index contributed by atoms with van der Waals surface area (Å²) >= 11 is 1.47. The molecule has 0 fully saturated rings. The molecule has 0 bridgehead atoms. The highest BCUT2D eigenvalue weighted by Gasteiger charge is 2.17. The Morgan fingerprint density at radius 1 is 1.36 bits per heavy atom. The number of nitrogens with zero attached hydrogens (tertiary/aromatic N) is 2. The predicted octanol–water partition coefficient (Wildman–Crippen LogP) is 2.70. The number of aryl methyl sites for hydroxylation is 1. The summed E-state index contributed by atoms with van der Waals surface area (Å²) in [6, 6.07) is 9.24. The largest absolute Gasteiger partial charge is 0.496 e. The highest BCUT2D eigenvalue weighted by molar-refractivity contribution is 7.18. The first-order valence-corrected chi connectivity index (χ1v) is 8.71. The Bertz CT molecular complexity index is 990. The molecular weight excluding hydrogens is 340 g/mol. The van der Waals surface area contributed by atoms with Gasteiger partial charge in [-0.3, -0.25) is 14.2 Å². The summed E-state index contributed by atoms with van der Waals surface area (Å²) in [6.45, 7) is 1.60. The normalized spacial score (nSPS) is 11.0. The molecule has 0 aliphatic heterocycles. The second-order valence-corrected chi connectivity index (χ2v) is 6.70. The van der Waals surface area contributed by atoms with E-state index in [1.165, 1.54) is 15.9 Å². The molecule has 6 nitrogen and oxygen atoms in total. The SMILES string of the molecule is CCc1cc2c(=O)n(CC(=O)O)c(Cc3ccccc3OC)nc2s1. The van der Waals surface area contributed by atoms with Crippen LogP contribution in [0.4, 0.5) is 0 Å². The summed E-state index contributed by atoms with van der Waals surface area (Å²) in [5.74, 6) is 0.0310. The van der Waals surface area contributed by atoms with E-state index in [0.717, 1.165) is 16.9 Å². The van der Waals surface area contributed by atoms with Crippen molar-refractivity contribution >= 4 is 27.5 Å². The van der Waals surface area contributed by atoms with Crippen molar-refractivity contribution in [3.05, 3.63) is 57.0 Å². The zero-order chi connectivity index (χ0) is 18.0. The summed E-state index contributed by atoms with van der Waals surface area (Å²) in [4.78, 5) is 30.3. The number of hydrogen-bond donors (Lipinski definition) is 1. The number of hydrogen-bond acceptors (Lipinski definition) is 5. The van der Waals surface area contributed by atoms with Crippen LogP contribution < -0.4 is 10.3 Å². The molecule has 0 radical (unpaired) electrons. The molecule has 0 saturated carbocycles. The lowest BCUT2D eigenvalue weighted by molar-refractivity contribution is -0.137. The molecule has 3 aromatic rings. The maximum atomic E-state index is 12.8. The van der Waals surface area contributed by atoms with Gasteiger partial charge in [0.15, 0.2) is 0 Å². The van der Waals surface area contributed by atoms with Crippen molar-refractivity contribution in [3.8, 4) is 5.75 Å². The van der Waals surface area contributed by atoms with Crippen molar-refractivity contribution in [1.29, 1.82) is 0 Å². The lowest BCUT2D eigenvalue weighted by Gasteiger charge is -2.12. The number of fused-ring (bicyclic) bond motifs is 1. The van der Waals surface area contributed by atoms with Crippen molar-refractivity contribution in [1.82, 2.24) is 9.55 Å². The van der Waals surface area contributed by atoms with Gasteiger partial charge in [-0.2, -0.15) is 0 Å². The van der Waals surface area contributed by atoms with Gasteiger partial charge in [0.2, 0.25) is 0 Å². The predicted molar refractivity (Wildman–Crippen MR) is 96.7 cm³/mol. The average molecular weight is 358 g/mol. The van der Waals surface area contributed by atoms with Gasteiger partial charge in [-0.25, -0.2) is 4.98 Å². The fraction of sp³-hybridized carbons (Fsp3) is 0.278. The van der Waals surface area contributed by atoms with E-state index in [0.29, 0.717) is 28.2 Å². The summed E-state index contributed by atoms with van der Waals surface area (Å²) in [7, 11) is 1.58. The Labute approximate surface area is 148 Å². The number of aromatic nitrogens is 2. The van der Waals surface area contributed by atoms with E-state index in [2.05, 4.69) is 4.98 Å². The zero-order valence-corrected chi connectivity index (χ0v) is 14.8. The van der Waals surface area contributed by atoms with Crippen LogP contribution in [-0.4, -0.2) is 27.7 Å². The summed E-state index contributed by atoms with van der Waals surface area (Å²) in [6.07, 6.45) is 1.13. The summed E-state index contributed by atoms with van der Waals surface area (Å²) in [5, 5.41) is 9.68. The Morgan fingerprint density at radius 3 is 2.80 bits per heavy atom. The number of aliphatic carboxylic acids is 1. The number of carbonyl (C=O) groups is 1. The Hall–Kier alpha value is -2.67. The highest BCUT2D eigenvalue weighted by atomic mass is 32.1. The molecule has 7 heteroatoms. The fourth-order valence-electron chi connectivity index (χ4n) is 2.73. The Balaban J connectivity index is 2.17. The average Bonchev–Trinajstić information content (AvgIpc) is 3.02. The number of para-hydroxylation sites is 1. The second kappa shape index (κ2) is 7.06. The van der Waals surface area contributed by atoms with Gasteiger partial charge < -0.3 is 9.84 Å². The number of carboxylic acids is 1. The van der Waals surface area contributed by atoms with Gasteiger partial charge in [-0.1, -0.05) is 25.1 Å². The molecule has 0 atom stereocenters. The summed E-state index contributed by atoms with van der Waals surface area (Å²) in [5.41, 5.74) is 0.538. The number of ether oxygens (including phenoxy) is 1. The van der Waals surface area contributed by atoms with Crippen molar-refractivity contribution in [2.75, 3.05) is 7.11 Å². The topological polar surface area (TPSA) is 81.4 Å². The van der Waals surface area contributed by atoms with Crippen molar-refractivity contribution in [3.63, 3.8) is 0 Å². The Morgan fingerprint density at radius 2 is 2.12 bits per heavy atom. The first-order chi connectivity index (χ1) is 12.0. The van der Waals surface area contributed by atoms with E-state index < -0.39 is 12.5 Å². The molecule has 0 aliphatic rings. The number of benzene rings is 1. The van der Waals surface area contributed by atoms with Crippen LogP contribution in [0.2, 0.25) is 0 Å². The minimum Gasteiger partial charge on any atom is -0.496 e. The third-order valence-corrected chi connectivity index (χ3v) is 5.14. The maximum absolute atomic E-state index is 12.8. The molecule has 0 spiro atoms. The van der Waals surface area contributed by atoms with E-state index in [1.807, 2.05) is 31.2 Å². The molecule has 130 valence electrons. The molecule has 2 heterocycles. The van der Waals surface area contributed by atoms with Gasteiger partial charge in [0.25, 0.3) is 5.56 Å². The van der Waals surface area contributed by atoms with Crippen LogP contribution in [0, 0.1) is 0 Å². The van der Waals surface area contributed by atoms with Gasteiger partial charge in [0.05, 0.1) is 12.5 Å². The molecule has 0 saturated heterocycles. The van der Waals surface area contributed by atoms with E-state index in [4.69, 9.17) is 4.74 Å². The van der Waals surface area contributed by atoms with Crippen molar-refractivity contribution in [2.24, 2.45) is 0 Å². The third kappa shape index (κ3) is 3.41. The molecule has 1 N–H and O–H groups in total. The number of thiophene rings is 1. The minimum absolute atomic E-state index is 0.312. The molecule has 25 heavy (non-hydrogen) atoms. The minimum atomic E-state index is -1.07. The standard InChI is InChI=1S/C18H18N2O4S/c1-3-12-9-13-17(25-12)19-15(20(18(13)23)10-16(21)22)8-11-6-4-5-7-14(11)24-2/h4-7,9H,3,8,10H2,1-2H3,(H,21,22). The number of rotatable bonds is 6. The molecule has 2 aromatic heterocycles.